The first-order valence-electron chi connectivity index (χ1n) is 11.7. The Hall–Kier alpha value is -3.70. The lowest BCUT2D eigenvalue weighted by atomic mass is 10.00. The average Bonchev–Trinajstić information content (AvgIpc) is 3.50. The van der Waals surface area contributed by atoms with Crippen LogP contribution in [0.15, 0.2) is 34.8 Å². The number of aromatic nitrogens is 2. The Morgan fingerprint density at radius 3 is 2.67 bits per heavy atom. The van der Waals surface area contributed by atoms with Gasteiger partial charge in [-0.05, 0) is 35.6 Å². The molecule has 3 N–H and O–H groups in total. The molecule has 2 atom stereocenters. The van der Waals surface area contributed by atoms with Crippen LogP contribution in [0.1, 0.15) is 12.0 Å². The van der Waals surface area contributed by atoms with E-state index in [1.165, 1.54) is 24.5 Å². The fourth-order valence-corrected chi connectivity index (χ4v) is 6.54. The van der Waals surface area contributed by atoms with Crippen molar-refractivity contribution in [3.05, 3.63) is 36.2 Å². The number of benzene rings is 1. The number of likely N-dealkylation sites (tertiary alicyclic amines) is 1. The summed E-state index contributed by atoms with van der Waals surface area (Å²) in [6.45, 7) is -0.0582. The third-order valence-electron chi connectivity index (χ3n) is 6.12. The number of ether oxygens (including phenoxy) is 2. The molecule has 0 saturated carbocycles. The van der Waals surface area contributed by atoms with Crippen molar-refractivity contribution < 1.29 is 40.7 Å². The molecular weight excluding hydrogens is 577 g/mol. The highest BCUT2D eigenvalue weighted by atomic mass is 32.2. The van der Waals surface area contributed by atoms with Gasteiger partial charge in [0.1, 0.15) is 23.7 Å². The molecule has 40 heavy (non-hydrogen) atoms. The zero-order valence-corrected chi connectivity index (χ0v) is 23.1. The smallest absolute Gasteiger partial charge is 0.467 e. The molecule has 1 amide bonds. The highest BCUT2D eigenvalue weighted by Crippen LogP contribution is 2.34. The summed E-state index contributed by atoms with van der Waals surface area (Å²) >= 11 is 0.904. The molecule has 0 radical (unpaired) electrons. The molecule has 0 bridgehead atoms. The number of thiazole rings is 1. The maximum Gasteiger partial charge on any atom is 0.573 e. The van der Waals surface area contributed by atoms with Crippen LogP contribution >= 0.6 is 11.3 Å². The van der Waals surface area contributed by atoms with Crippen LogP contribution in [0.25, 0.3) is 10.8 Å². The van der Waals surface area contributed by atoms with Crippen LogP contribution in [0.2, 0.25) is 0 Å². The number of carbonyl (C=O) groups excluding carboxylic acids is 2. The second-order valence-electron chi connectivity index (χ2n) is 9.02. The monoisotopic (exact) mass is 602 g/mol. The molecule has 216 valence electrons. The van der Waals surface area contributed by atoms with Crippen LogP contribution in [0.3, 0.4) is 0 Å². The van der Waals surface area contributed by atoms with Crippen molar-refractivity contribution in [1.82, 2.24) is 19.6 Å². The van der Waals surface area contributed by atoms with E-state index in [1.54, 1.807) is 19.0 Å². The van der Waals surface area contributed by atoms with E-state index < -0.39 is 52.5 Å². The quantitative estimate of drug-likeness (QED) is 0.347. The van der Waals surface area contributed by atoms with Gasteiger partial charge in [-0.15, -0.1) is 13.2 Å². The van der Waals surface area contributed by atoms with E-state index in [0.29, 0.717) is 10.5 Å². The number of hydrogen-bond donors (Lipinski definition) is 2. The van der Waals surface area contributed by atoms with E-state index in [2.05, 4.69) is 19.4 Å². The number of halogens is 3. The molecule has 12 nitrogen and oxygen atoms in total. The second kappa shape index (κ2) is 11.1. The number of carbonyl (C=O) groups is 2. The van der Waals surface area contributed by atoms with Crippen molar-refractivity contribution >= 4 is 55.0 Å². The second-order valence-corrected chi connectivity index (χ2v) is 12.0. The Balaban J connectivity index is 1.62. The Bertz CT molecular complexity index is 1550. The predicted octanol–water partition coefficient (Wildman–Crippen LogP) is 1.90. The number of rotatable bonds is 9. The number of methoxy groups -OCH3 is 1. The molecule has 0 unspecified atom stereocenters. The van der Waals surface area contributed by atoms with Crippen LogP contribution in [0, 0.1) is 0 Å². The van der Waals surface area contributed by atoms with E-state index in [4.69, 9.17) is 10.5 Å². The summed E-state index contributed by atoms with van der Waals surface area (Å²) < 4.78 is 76.8. The molecule has 3 heterocycles. The molecule has 1 aliphatic rings. The molecule has 1 aromatic carbocycles. The van der Waals surface area contributed by atoms with Gasteiger partial charge >= 0.3 is 12.3 Å². The number of anilines is 2. The molecule has 2 aromatic heterocycles. The Labute approximate surface area is 230 Å². The van der Waals surface area contributed by atoms with E-state index >= 15 is 0 Å². The van der Waals surface area contributed by atoms with E-state index in [9.17, 15) is 31.2 Å². The normalized spacial score (nSPS) is 16.8. The van der Waals surface area contributed by atoms with Crippen molar-refractivity contribution in [2.75, 3.05) is 38.4 Å². The van der Waals surface area contributed by atoms with Crippen molar-refractivity contribution in [2.45, 2.75) is 35.5 Å². The number of nitrogen functional groups attached to an aromatic ring is 1. The van der Waals surface area contributed by atoms with Gasteiger partial charge in [-0.1, -0.05) is 11.3 Å². The fourth-order valence-electron chi connectivity index (χ4n) is 4.26. The summed E-state index contributed by atoms with van der Waals surface area (Å²) in [5.41, 5.74) is 5.76. The van der Waals surface area contributed by atoms with Gasteiger partial charge in [0.05, 0.1) is 13.3 Å². The number of fused-ring (bicyclic) bond motifs is 1. The number of alkyl halides is 3. The number of nitrogens with two attached hydrogens (primary N) is 1. The highest BCUT2D eigenvalue weighted by molar-refractivity contribution is 7.91. The summed E-state index contributed by atoms with van der Waals surface area (Å²) in [4.78, 5) is 36.7. The van der Waals surface area contributed by atoms with Gasteiger partial charge in [-0.25, -0.2) is 23.2 Å². The number of nitrogens with zero attached hydrogens (tertiary/aromatic N) is 4. The standard InChI is InChI=1S/C23H25F3N6O6S2/c1-31(2)22-29-11-18(39-22)40(35,36)30-15-5-7-32(20(15)33)16(21(34)37-3)9-13-8-12-4-6-28-19(27)14(12)10-17(13)38-23(24,25)26/h4,6,8,10-11,15-16,30H,5,7,9H2,1-3H3,(H2,27,28)/t15-,16+/m0/s1. The summed E-state index contributed by atoms with van der Waals surface area (Å²) in [5.74, 6) is -2.28. The first kappa shape index (κ1) is 29.3. The maximum atomic E-state index is 13.3. The fraction of sp³-hybridized carbons (Fsp3) is 0.391. The molecule has 1 saturated heterocycles. The number of sulfonamides is 1. The van der Waals surface area contributed by atoms with Gasteiger partial charge in [0, 0.05) is 38.6 Å². The molecular formula is C23H25F3N6O6S2. The van der Waals surface area contributed by atoms with Crippen molar-refractivity contribution in [2.24, 2.45) is 0 Å². The van der Waals surface area contributed by atoms with Gasteiger partial charge in [-0.2, -0.15) is 4.72 Å². The molecule has 0 aliphatic carbocycles. The van der Waals surface area contributed by atoms with Crippen LogP contribution in [-0.2, 0) is 30.8 Å². The predicted molar refractivity (Wildman–Crippen MR) is 139 cm³/mol. The van der Waals surface area contributed by atoms with Crippen molar-refractivity contribution in [1.29, 1.82) is 0 Å². The number of pyridine rings is 1. The molecule has 1 aliphatic heterocycles. The minimum Gasteiger partial charge on any atom is -0.467 e. The zero-order chi connectivity index (χ0) is 29.4. The van der Waals surface area contributed by atoms with Crippen molar-refractivity contribution in [3.8, 4) is 5.75 Å². The van der Waals surface area contributed by atoms with Gasteiger partial charge in [-0.3, -0.25) is 4.79 Å². The summed E-state index contributed by atoms with van der Waals surface area (Å²) in [6, 6.07) is 1.36. The first-order chi connectivity index (χ1) is 18.7. The largest absolute Gasteiger partial charge is 0.573 e. The van der Waals surface area contributed by atoms with Crippen LogP contribution in [0.5, 0.6) is 5.75 Å². The first-order valence-corrected chi connectivity index (χ1v) is 14.0. The zero-order valence-electron chi connectivity index (χ0n) is 21.4. The Kier molecular flexibility index (Phi) is 8.09. The van der Waals surface area contributed by atoms with Crippen LogP contribution < -0.4 is 20.1 Å². The van der Waals surface area contributed by atoms with Crippen LogP contribution in [-0.4, -0.2) is 81.4 Å². The third kappa shape index (κ3) is 6.20. The van der Waals surface area contributed by atoms with E-state index in [1.807, 2.05) is 0 Å². The van der Waals surface area contributed by atoms with Gasteiger partial charge in [0.15, 0.2) is 9.34 Å². The lowest BCUT2D eigenvalue weighted by molar-refractivity contribution is -0.274. The number of nitrogens with one attached hydrogen (secondary N) is 1. The Morgan fingerprint density at radius 2 is 2.05 bits per heavy atom. The minimum absolute atomic E-state index is 0.0106. The number of esters is 1. The molecule has 17 heteroatoms. The minimum atomic E-state index is -5.06. The number of hydrogen-bond acceptors (Lipinski definition) is 11. The highest BCUT2D eigenvalue weighted by Gasteiger charge is 2.42. The third-order valence-corrected chi connectivity index (χ3v) is 9.22. The summed E-state index contributed by atoms with van der Waals surface area (Å²) in [6.07, 6.45) is -2.93. The Morgan fingerprint density at radius 1 is 1.32 bits per heavy atom. The SMILES string of the molecule is COC(=O)[C@@H](Cc1cc2ccnc(N)c2cc1OC(F)(F)F)N1CC[C@H](NS(=O)(=O)c2cnc(N(C)C)s2)C1=O. The molecule has 3 aromatic rings. The molecule has 0 spiro atoms. The van der Waals surface area contributed by atoms with E-state index in [-0.39, 0.29) is 33.9 Å². The average molecular weight is 603 g/mol. The maximum absolute atomic E-state index is 13.3. The number of amides is 1. The lowest BCUT2D eigenvalue weighted by Gasteiger charge is -2.27. The van der Waals surface area contributed by atoms with Crippen molar-refractivity contribution in [3.63, 3.8) is 0 Å². The van der Waals surface area contributed by atoms with Crippen LogP contribution in [0.4, 0.5) is 24.1 Å². The van der Waals surface area contributed by atoms with Gasteiger partial charge in [0.2, 0.25) is 5.91 Å². The summed E-state index contributed by atoms with van der Waals surface area (Å²) in [5, 5.41) is 1.07. The van der Waals surface area contributed by atoms with E-state index in [0.717, 1.165) is 29.4 Å². The topological polar surface area (TPSA) is 157 Å². The lowest BCUT2D eigenvalue weighted by Crippen LogP contribution is -2.48. The molecule has 4 rings (SSSR count). The van der Waals surface area contributed by atoms with Gasteiger partial charge < -0.3 is 25.0 Å². The summed E-state index contributed by atoms with van der Waals surface area (Å²) in [7, 11) is 0.336. The van der Waals surface area contributed by atoms with Gasteiger partial charge in [0.25, 0.3) is 10.0 Å². The molecule has 1 fully saturated rings.